The third-order valence-electron chi connectivity index (χ3n) is 3.35. The smallest absolute Gasteiger partial charge is 0.333 e. The number of benzene rings is 1. The first-order chi connectivity index (χ1) is 14.0. The minimum Gasteiger partial charge on any atom is -0.493 e. The number of hydrogen-bond acceptors (Lipinski definition) is 6. The van der Waals surface area contributed by atoms with Gasteiger partial charge in [0.15, 0.2) is 0 Å². The van der Waals surface area contributed by atoms with Crippen LogP contribution in [-0.4, -0.2) is 56.7 Å². The summed E-state index contributed by atoms with van der Waals surface area (Å²) in [6.07, 6.45) is 3.45. The van der Waals surface area contributed by atoms with Gasteiger partial charge in [0.1, 0.15) is 12.4 Å². The van der Waals surface area contributed by atoms with Crippen molar-refractivity contribution in [3.05, 3.63) is 55.1 Å². The van der Waals surface area contributed by atoms with Gasteiger partial charge in [-0.05, 0) is 18.6 Å². The number of unbranched alkanes of at least 4 members (excludes halogenated alkanes) is 1. The second-order valence-electron chi connectivity index (χ2n) is 5.77. The predicted molar refractivity (Wildman–Crippen MR) is 111 cm³/mol. The molecule has 7 nitrogen and oxygen atoms in total. The third-order valence-corrected chi connectivity index (χ3v) is 3.35. The standard InChI is InChI=1S/C19H28O5.C3H4O2/c1-3-4-11-21-13-14-22-15-16-24-19(20)17(2)10-12-23-18-8-6-5-7-9-18;1-2-3(4)5/h5-9H,2-4,10-16H2,1H3;2H,1H2,(H,4,5). The van der Waals surface area contributed by atoms with E-state index in [-0.39, 0.29) is 6.61 Å². The van der Waals surface area contributed by atoms with E-state index >= 15 is 0 Å². The van der Waals surface area contributed by atoms with Crippen LogP contribution in [0.5, 0.6) is 5.75 Å². The number of rotatable bonds is 15. The lowest BCUT2D eigenvalue weighted by molar-refractivity contribution is -0.141. The molecule has 0 bridgehead atoms. The molecule has 0 atom stereocenters. The van der Waals surface area contributed by atoms with Gasteiger partial charge in [-0.1, -0.05) is 44.7 Å². The molecule has 0 fully saturated rings. The van der Waals surface area contributed by atoms with Crippen molar-refractivity contribution in [3.63, 3.8) is 0 Å². The first kappa shape index (κ1) is 26.4. The number of carbonyl (C=O) groups excluding carboxylic acids is 1. The van der Waals surface area contributed by atoms with Gasteiger partial charge in [-0.15, -0.1) is 0 Å². The molecule has 1 aromatic carbocycles. The van der Waals surface area contributed by atoms with Crippen molar-refractivity contribution in [1.29, 1.82) is 0 Å². The first-order valence-corrected chi connectivity index (χ1v) is 9.54. The van der Waals surface area contributed by atoms with Gasteiger partial charge in [-0.25, -0.2) is 9.59 Å². The molecule has 0 heterocycles. The molecular formula is C22H32O7. The maximum Gasteiger partial charge on any atom is 0.333 e. The quantitative estimate of drug-likeness (QED) is 0.269. The Morgan fingerprint density at radius 2 is 1.59 bits per heavy atom. The maximum atomic E-state index is 11.7. The Hall–Kier alpha value is -2.64. The third kappa shape index (κ3) is 17.2. The molecule has 0 aliphatic carbocycles. The van der Waals surface area contributed by atoms with Crippen LogP contribution in [-0.2, 0) is 23.8 Å². The number of ether oxygens (including phenoxy) is 4. The highest BCUT2D eigenvalue weighted by molar-refractivity contribution is 5.87. The topological polar surface area (TPSA) is 91.3 Å². The molecule has 162 valence electrons. The number of carboxylic acid groups (broad SMARTS) is 1. The molecule has 1 N–H and O–H groups in total. The van der Waals surface area contributed by atoms with Crippen LogP contribution in [0.1, 0.15) is 26.2 Å². The van der Waals surface area contributed by atoms with Crippen molar-refractivity contribution in [2.45, 2.75) is 26.2 Å². The van der Waals surface area contributed by atoms with Crippen molar-refractivity contribution in [3.8, 4) is 5.75 Å². The predicted octanol–water partition coefficient (Wildman–Crippen LogP) is 3.65. The minimum absolute atomic E-state index is 0.215. The lowest BCUT2D eigenvalue weighted by Gasteiger charge is -2.09. The summed E-state index contributed by atoms with van der Waals surface area (Å²) in [5.41, 5.74) is 0.397. The summed E-state index contributed by atoms with van der Waals surface area (Å²) < 4.78 is 21.3. The van der Waals surface area contributed by atoms with Gasteiger partial charge in [-0.2, -0.15) is 0 Å². The Labute approximate surface area is 172 Å². The van der Waals surface area contributed by atoms with Crippen LogP contribution in [0.3, 0.4) is 0 Å². The van der Waals surface area contributed by atoms with E-state index in [2.05, 4.69) is 20.1 Å². The molecule has 0 aliphatic heterocycles. The van der Waals surface area contributed by atoms with Gasteiger partial charge in [0.25, 0.3) is 0 Å². The summed E-state index contributed by atoms with van der Waals surface area (Å²) in [4.78, 5) is 21.0. The van der Waals surface area contributed by atoms with Crippen molar-refractivity contribution < 1.29 is 33.6 Å². The van der Waals surface area contributed by atoms with Crippen LogP contribution >= 0.6 is 0 Å². The Balaban J connectivity index is 0.00000139. The number of carboxylic acids is 1. The highest BCUT2D eigenvalue weighted by atomic mass is 16.6. The fraction of sp³-hybridized carbons (Fsp3) is 0.455. The van der Waals surface area contributed by atoms with Crippen LogP contribution in [0.25, 0.3) is 0 Å². The zero-order valence-corrected chi connectivity index (χ0v) is 17.1. The summed E-state index contributed by atoms with van der Waals surface area (Å²) in [6.45, 7) is 11.6. The number of esters is 1. The minimum atomic E-state index is -0.981. The molecule has 0 amide bonds. The summed E-state index contributed by atoms with van der Waals surface area (Å²) in [7, 11) is 0. The average molecular weight is 408 g/mol. The Morgan fingerprint density at radius 1 is 1.00 bits per heavy atom. The fourth-order valence-electron chi connectivity index (χ4n) is 1.77. The molecule has 29 heavy (non-hydrogen) atoms. The molecular weight excluding hydrogens is 376 g/mol. The highest BCUT2D eigenvalue weighted by Crippen LogP contribution is 2.10. The Bertz CT molecular complexity index is 584. The maximum absolute atomic E-state index is 11.7. The normalized spacial score (nSPS) is 9.69. The first-order valence-electron chi connectivity index (χ1n) is 9.54. The molecule has 0 aromatic heterocycles. The Kier molecular flexibility index (Phi) is 17.0. The van der Waals surface area contributed by atoms with Crippen LogP contribution in [0.4, 0.5) is 0 Å². The number of aliphatic carboxylic acids is 1. The van der Waals surface area contributed by atoms with Crippen LogP contribution in [0, 0.1) is 0 Å². The number of para-hydroxylation sites is 1. The summed E-state index contributed by atoms with van der Waals surface area (Å²) >= 11 is 0. The van der Waals surface area contributed by atoms with E-state index in [0.717, 1.165) is 31.3 Å². The van der Waals surface area contributed by atoms with Gasteiger partial charge in [0.05, 0.1) is 26.4 Å². The van der Waals surface area contributed by atoms with Crippen molar-refractivity contribution in [2.24, 2.45) is 0 Å². The second kappa shape index (κ2) is 18.7. The highest BCUT2D eigenvalue weighted by Gasteiger charge is 2.08. The van der Waals surface area contributed by atoms with E-state index < -0.39 is 11.9 Å². The molecule has 7 heteroatoms. The summed E-state index contributed by atoms with van der Waals surface area (Å²) in [5, 5.41) is 7.60. The van der Waals surface area contributed by atoms with Crippen LogP contribution in [0.15, 0.2) is 55.1 Å². The fourth-order valence-corrected chi connectivity index (χ4v) is 1.77. The van der Waals surface area contributed by atoms with Gasteiger partial charge >= 0.3 is 11.9 Å². The largest absolute Gasteiger partial charge is 0.493 e. The van der Waals surface area contributed by atoms with Crippen molar-refractivity contribution in [2.75, 3.05) is 39.6 Å². The van der Waals surface area contributed by atoms with Gasteiger partial charge < -0.3 is 24.1 Å². The molecule has 1 rings (SSSR count). The van der Waals surface area contributed by atoms with E-state index in [1.165, 1.54) is 0 Å². The van der Waals surface area contributed by atoms with Gasteiger partial charge in [0.2, 0.25) is 0 Å². The second-order valence-corrected chi connectivity index (χ2v) is 5.77. The van der Waals surface area contributed by atoms with Gasteiger partial charge in [0, 0.05) is 24.7 Å². The van der Waals surface area contributed by atoms with E-state index in [1.807, 2.05) is 30.3 Å². The lowest BCUT2D eigenvalue weighted by atomic mass is 10.2. The molecule has 0 spiro atoms. The molecule has 0 saturated carbocycles. The zero-order valence-electron chi connectivity index (χ0n) is 17.1. The average Bonchev–Trinajstić information content (AvgIpc) is 2.73. The Morgan fingerprint density at radius 3 is 2.17 bits per heavy atom. The summed E-state index contributed by atoms with van der Waals surface area (Å²) in [6, 6.07) is 9.44. The molecule has 0 aliphatic rings. The van der Waals surface area contributed by atoms with E-state index in [0.29, 0.717) is 38.4 Å². The van der Waals surface area contributed by atoms with Crippen molar-refractivity contribution in [1.82, 2.24) is 0 Å². The summed E-state index contributed by atoms with van der Waals surface area (Å²) in [5.74, 6) is -0.618. The van der Waals surface area contributed by atoms with Crippen LogP contribution < -0.4 is 4.74 Å². The lowest BCUT2D eigenvalue weighted by Crippen LogP contribution is -2.15. The SMILES string of the molecule is C=C(CCOc1ccccc1)C(=O)OCCOCCOCCCC.C=CC(=O)O. The number of hydrogen-bond donors (Lipinski definition) is 1. The molecule has 0 unspecified atom stereocenters. The van der Waals surface area contributed by atoms with Gasteiger partial charge in [-0.3, -0.25) is 0 Å². The van der Waals surface area contributed by atoms with Crippen molar-refractivity contribution >= 4 is 11.9 Å². The van der Waals surface area contributed by atoms with Crippen LogP contribution in [0.2, 0.25) is 0 Å². The van der Waals surface area contributed by atoms with E-state index in [4.69, 9.17) is 24.1 Å². The van der Waals surface area contributed by atoms with E-state index in [9.17, 15) is 9.59 Å². The zero-order chi connectivity index (χ0) is 21.7. The van der Waals surface area contributed by atoms with E-state index in [1.54, 1.807) is 0 Å². The molecule has 0 saturated heterocycles. The number of carbonyl (C=O) groups is 2. The monoisotopic (exact) mass is 408 g/mol. The molecule has 1 aromatic rings. The molecule has 0 radical (unpaired) electrons.